The van der Waals surface area contributed by atoms with Crippen LogP contribution in [0.25, 0.3) is 5.65 Å². The van der Waals surface area contributed by atoms with Crippen LogP contribution in [-0.2, 0) is 5.75 Å². The van der Waals surface area contributed by atoms with E-state index in [1.165, 1.54) is 0 Å². The minimum Gasteiger partial charge on any atom is -0.335 e. The third kappa shape index (κ3) is 4.95. The minimum atomic E-state index is -0.0317. The largest absolute Gasteiger partial charge is 0.335 e. The molecule has 172 valence electrons. The summed E-state index contributed by atoms with van der Waals surface area (Å²) < 4.78 is 2.01. The number of piperazine rings is 1. The summed E-state index contributed by atoms with van der Waals surface area (Å²) >= 11 is 7.60. The highest BCUT2D eigenvalue weighted by Crippen LogP contribution is 2.24. The zero-order chi connectivity index (χ0) is 23.5. The zero-order valence-electron chi connectivity index (χ0n) is 18.4. The predicted octanol–water partition coefficient (Wildman–Crippen LogP) is 4.88. The molecule has 0 N–H and O–H groups in total. The molecule has 0 spiro atoms. The molecular formula is C26H23ClN4O2S. The molecule has 0 unspecified atom stereocenters. The monoisotopic (exact) mass is 490 g/mol. The molecule has 6 nitrogen and oxygen atoms in total. The van der Waals surface area contributed by atoms with Crippen LogP contribution in [0.1, 0.15) is 26.4 Å². The SMILES string of the molecule is O=C(c1ccc(Cl)cc1)N1CCN(C(=O)c2ccc(SCc3cn4ccccc4n3)cc2)CC1. The fraction of sp³-hybridized carbons (Fsp3) is 0.192. The van der Waals surface area contributed by atoms with Gasteiger partial charge < -0.3 is 14.2 Å². The van der Waals surface area contributed by atoms with Crippen LogP contribution in [0.5, 0.6) is 0 Å². The number of rotatable bonds is 5. The number of carbonyl (C=O) groups is 2. The molecule has 0 radical (unpaired) electrons. The van der Waals surface area contributed by atoms with E-state index in [4.69, 9.17) is 11.6 Å². The molecule has 1 saturated heterocycles. The summed E-state index contributed by atoms with van der Waals surface area (Å²) in [4.78, 5) is 35.0. The standard InChI is InChI=1S/C26H23ClN4O2S/c27-21-8-4-19(5-9-21)25(32)29-13-15-30(16-14-29)26(33)20-6-10-23(11-7-20)34-18-22-17-31-12-2-1-3-24(31)28-22/h1-12,17H,13-16,18H2. The van der Waals surface area contributed by atoms with E-state index in [1.807, 2.05) is 64.2 Å². The molecule has 1 aliphatic heterocycles. The summed E-state index contributed by atoms with van der Waals surface area (Å²) in [6, 6.07) is 20.6. The fourth-order valence-corrected chi connectivity index (χ4v) is 4.89. The van der Waals surface area contributed by atoms with Gasteiger partial charge in [0.1, 0.15) is 5.65 Å². The van der Waals surface area contributed by atoms with Crippen molar-refractivity contribution in [1.29, 1.82) is 0 Å². The van der Waals surface area contributed by atoms with Crippen molar-refractivity contribution in [2.75, 3.05) is 26.2 Å². The van der Waals surface area contributed by atoms with Gasteiger partial charge in [0.05, 0.1) is 5.69 Å². The summed E-state index contributed by atoms with van der Waals surface area (Å²) in [6.07, 6.45) is 4.03. The smallest absolute Gasteiger partial charge is 0.253 e. The Balaban J connectivity index is 1.14. The quantitative estimate of drug-likeness (QED) is 0.374. The number of hydrogen-bond acceptors (Lipinski definition) is 4. The first-order chi connectivity index (χ1) is 16.6. The lowest BCUT2D eigenvalue weighted by Gasteiger charge is -2.35. The van der Waals surface area contributed by atoms with Crippen LogP contribution in [0.15, 0.2) is 84.0 Å². The highest BCUT2D eigenvalue weighted by molar-refractivity contribution is 7.98. The molecule has 4 aromatic rings. The molecule has 0 aliphatic carbocycles. The Hall–Kier alpha value is -3.29. The molecule has 2 amide bonds. The molecule has 2 aromatic heterocycles. The van der Waals surface area contributed by atoms with E-state index >= 15 is 0 Å². The Morgan fingerprint density at radius 1 is 0.824 bits per heavy atom. The number of pyridine rings is 1. The molecule has 0 saturated carbocycles. The maximum Gasteiger partial charge on any atom is 0.253 e. The number of aromatic nitrogens is 2. The Morgan fingerprint density at radius 2 is 1.41 bits per heavy atom. The van der Waals surface area contributed by atoms with Gasteiger partial charge in [-0.3, -0.25) is 9.59 Å². The summed E-state index contributed by atoms with van der Waals surface area (Å²) in [5.41, 5.74) is 3.23. The van der Waals surface area contributed by atoms with Crippen LogP contribution in [0.2, 0.25) is 5.02 Å². The molecule has 0 bridgehead atoms. The van der Waals surface area contributed by atoms with Gasteiger partial charge in [-0.1, -0.05) is 17.7 Å². The van der Waals surface area contributed by atoms with E-state index in [0.717, 1.165) is 22.0 Å². The van der Waals surface area contributed by atoms with E-state index in [9.17, 15) is 9.59 Å². The number of amides is 2. The van der Waals surface area contributed by atoms with Crippen molar-refractivity contribution in [2.45, 2.75) is 10.6 Å². The van der Waals surface area contributed by atoms with Gasteiger partial charge in [-0.15, -0.1) is 11.8 Å². The number of thioether (sulfide) groups is 1. The summed E-state index contributed by atoms with van der Waals surface area (Å²) in [7, 11) is 0. The fourth-order valence-electron chi connectivity index (χ4n) is 3.98. The molecule has 5 rings (SSSR count). The van der Waals surface area contributed by atoms with Gasteiger partial charge in [0.15, 0.2) is 0 Å². The minimum absolute atomic E-state index is 0.00417. The van der Waals surface area contributed by atoms with Crippen LogP contribution in [-0.4, -0.2) is 57.2 Å². The average molecular weight is 491 g/mol. The zero-order valence-corrected chi connectivity index (χ0v) is 20.0. The number of imidazole rings is 1. The summed E-state index contributed by atoms with van der Waals surface area (Å²) in [6.45, 7) is 2.06. The Labute approximate surface area is 207 Å². The van der Waals surface area contributed by atoms with Gasteiger partial charge in [-0.25, -0.2) is 4.98 Å². The summed E-state index contributed by atoms with van der Waals surface area (Å²) in [5, 5.41) is 0.603. The third-order valence-corrected chi connectivity index (χ3v) is 7.14. The normalized spacial score (nSPS) is 13.9. The maximum absolute atomic E-state index is 13.0. The Kier molecular flexibility index (Phi) is 6.56. The molecule has 1 aliphatic rings. The van der Waals surface area contributed by atoms with E-state index in [1.54, 1.807) is 40.9 Å². The van der Waals surface area contributed by atoms with Crippen molar-refractivity contribution in [3.8, 4) is 0 Å². The van der Waals surface area contributed by atoms with Gasteiger partial charge >= 0.3 is 0 Å². The van der Waals surface area contributed by atoms with Crippen LogP contribution in [0.4, 0.5) is 0 Å². The van der Waals surface area contributed by atoms with Crippen molar-refractivity contribution in [3.05, 3.63) is 101 Å². The molecule has 8 heteroatoms. The van der Waals surface area contributed by atoms with Crippen LogP contribution >= 0.6 is 23.4 Å². The van der Waals surface area contributed by atoms with E-state index in [0.29, 0.717) is 42.3 Å². The van der Waals surface area contributed by atoms with Gasteiger partial charge in [0.25, 0.3) is 11.8 Å². The Bertz CT molecular complexity index is 1280. The van der Waals surface area contributed by atoms with Crippen molar-refractivity contribution < 1.29 is 9.59 Å². The molecule has 3 heterocycles. The number of benzene rings is 2. The van der Waals surface area contributed by atoms with Crippen molar-refractivity contribution >= 4 is 40.8 Å². The number of fused-ring (bicyclic) bond motifs is 1. The van der Waals surface area contributed by atoms with E-state index in [2.05, 4.69) is 4.98 Å². The van der Waals surface area contributed by atoms with Crippen molar-refractivity contribution in [1.82, 2.24) is 19.2 Å². The van der Waals surface area contributed by atoms with E-state index in [-0.39, 0.29) is 11.8 Å². The second-order valence-electron chi connectivity index (χ2n) is 8.10. The highest BCUT2D eigenvalue weighted by Gasteiger charge is 2.25. The first kappa shape index (κ1) is 22.5. The van der Waals surface area contributed by atoms with Crippen molar-refractivity contribution in [3.63, 3.8) is 0 Å². The first-order valence-corrected chi connectivity index (χ1v) is 12.4. The van der Waals surface area contributed by atoms with Gasteiger partial charge in [-0.2, -0.15) is 0 Å². The van der Waals surface area contributed by atoms with Crippen molar-refractivity contribution in [2.24, 2.45) is 0 Å². The van der Waals surface area contributed by atoms with Crippen LogP contribution in [0, 0.1) is 0 Å². The van der Waals surface area contributed by atoms with E-state index < -0.39 is 0 Å². The van der Waals surface area contributed by atoms with Crippen LogP contribution in [0.3, 0.4) is 0 Å². The molecule has 34 heavy (non-hydrogen) atoms. The summed E-state index contributed by atoms with van der Waals surface area (Å²) in [5.74, 6) is 0.727. The number of halogens is 1. The van der Waals surface area contributed by atoms with Gasteiger partial charge in [0.2, 0.25) is 0 Å². The second-order valence-corrected chi connectivity index (χ2v) is 9.59. The number of nitrogens with zero attached hydrogens (tertiary/aromatic N) is 4. The lowest BCUT2D eigenvalue weighted by molar-refractivity contribution is 0.0535. The average Bonchev–Trinajstić information content (AvgIpc) is 3.31. The highest BCUT2D eigenvalue weighted by atomic mass is 35.5. The first-order valence-electron chi connectivity index (χ1n) is 11.1. The third-order valence-electron chi connectivity index (χ3n) is 5.85. The number of hydrogen-bond donors (Lipinski definition) is 0. The topological polar surface area (TPSA) is 57.9 Å². The lowest BCUT2D eigenvalue weighted by Crippen LogP contribution is -2.50. The molecule has 0 atom stereocenters. The predicted molar refractivity (Wildman–Crippen MR) is 134 cm³/mol. The molecular weight excluding hydrogens is 468 g/mol. The van der Waals surface area contributed by atoms with Crippen LogP contribution < -0.4 is 0 Å². The molecule has 2 aromatic carbocycles. The van der Waals surface area contributed by atoms with Gasteiger partial charge in [-0.05, 0) is 60.7 Å². The number of carbonyl (C=O) groups excluding carboxylic acids is 2. The Morgan fingerprint density at radius 3 is 2.00 bits per heavy atom. The maximum atomic E-state index is 13.0. The molecule has 1 fully saturated rings. The lowest BCUT2D eigenvalue weighted by atomic mass is 10.1. The van der Waals surface area contributed by atoms with Gasteiger partial charge in [0, 0.05) is 65.4 Å². The second kappa shape index (κ2) is 9.91.